The predicted octanol–water partition coefficient (Wildman–Crippen LogP) is 6.51. The van der Waals surface area contributed by atoms with Gasteiger partial charge in [0, 0.05) is 23.2 Å². The van der Waals surface area contributed by atoms with Crippen molar-refractivity contribution in [2.45, 2.75) is 96.8 Å². The van der Waals surface area contributed by atoms with Crippen LogP contribution < -0.4 is 10.0 Å². The lowest BCUT2D eigenvalue weighted by molar-refractivity contribution is -0.255. The van der Waals surface area contributed by atoms with Gasteiger partial charge in [-0.25, -0.2) is 4.90 Å². The lowest BCUT2D eigenvalue weighted by atomic mass is 10.0. The number of nitrogens with zero attached hydrogens (tertiary/aromatic N) is 2. The Morgan fingerprint density at radius 1 is 0.711 bits per heavy atom. The Kier molecular flexibility index (Phi) is 12.2. The molecule has 0 aliphatic carbocycles. The molecule has 0 fully saturated rings. The first-order valence-corrected chi connectivity index (χ1v) is 14.4. The number of para-hydroxylation sites is 1. The molecule has 2 amide bonds. The minimum Gasteiger partial charge on any atom is -0.545 e. The third-order valence-electron chi connectivity index (χ3n) is 7.17. The van der Waals surface area contributed by atoms with Gasteiger partial charge in [-0.1, -0.05) is 127 Å². The SMILES string of the molecule is CCCCCCCCCCCCCCCCN=C1C(=O)N(C(=O)c2ccccc2C(=O)[O-])c2ccccc21. The number of carbonyl (C=O) groups excluding carboxylic acids is 3. The molecule has 0 atom stereocenters. The highest BCUT2D eigenvalue weighted by Gasteiger charge is 2.38. The smallest absolute Gasteiger partial charge is 0.284 e. The molecule has 0 unspecified atom stereocenters. The Balaban J connectivity index is 1.43. The maximum absolute atomic E-state index is 13.3. The summed E-state index contributed by atoms with van der Waals surface area (Å²) in [6.45, 7) is 2.78. The standard InChI is InChI=1S/C32H42N2O4/c1-2-3-4-5-6-7-8-9-10-11-12-13-14-19-24-33-29-27-22-17-18-23-28(27)34(31(29)36)30(35)25-20-15-16-21-26(25)32(37)38/h15-18,20-23H,2-14,19,24H2,1H3,(H,37,38)/p-1. The average Bonchev–Trinajstić information content (AvgIpc) is 3.21. The molecule has 0 spiro atoms. The van der Waals surface area contributed by atoms with Crippen molar-refractivity contribution in [3.63, 3.8) is 0 Å². The Bertz CT molecular complexity index is 1110. The summed E-state index contributed by atoms with van der Waals surface area (Å²) in [6, 6.07) is 12.8. The number of aliphatic imine (C=N–C) groups is 1. The summed E-state index contributed by atoms with van der Waals surface area (Å²) in [5, 5.41) is 11.5. The molecule has 0 saturated heterocycles. The van der Waals surface area contributed by atoms with Gasteiger partial charge in [-0.2, -0.15) is 0 Å². The molecule has 0 saturated carbocycles. The van der Waals surface area contributed by atoms with Crippen LogP contribution in [0.2, 0.25) is 0 Å². The molecule has 204 valence electrons. The van der Waals surface area contributed by atoms with Gasteiger partial charge in [0.15, 0.2) is 0 Å². The van der Waals surface area contributed by atoms with E-state index in [0.717, 1.165) is 24.2 Å². The number of hydrogen-bond donors (Lipinski definition) is 0. The number of rotatable bonds is 17. The molecular weight excluding hydrogens is 476 g/mol. The fourth-order valence-corrected chi connectivity index (χ4v) is 5.02. The Morgan fingerprint density at radius 3 is 1.79 bits per heavy atom. The first kappa shape index (κ1) is 29.3. The molecule has 2 aromatic rings. The summed E-state index contributed by atoms with van der Waals surface area (Å²) in [5.74, 6) is -2.67. The number of carboxylic acids is 1. The number of carbonyl (C=O) groups is 3. The van der Waals surface area contributed by atoms with E-state index < -0.39 is 17.8 Å². The van der Waals surface area contributed by atoms with Gasteiger partial charge in [-0.05, 0) is 18.6 Å². The van der Waals surface area contributed by atoms with Crippen molar-refractivity contribution in [3.8, 4) is 0 Å². The molecule has 6 nitrogen and oxygen atoms in total. The minimum atomic E-state index is -1.46. The highest BCUT2D eigenvalue weighted by atomic mass is 16.4. The summed E-state index contributed by atoms with van der Waals surface area (Å²) in [4.78, 5) is 43.6. The second kappa shape index (κ2) is 15.9. The summed E-state index contributed by atoms with van der Waals surface area (Å²) in [6.07, 6.45) is 17.8. The van der Waals surface area contributed by atoms with Crippen LogP contribution in [-0.2, 0) is 4.79 Å². The molecule has 1 aliphatic heterocycles. The van der Waals surface area contributed by atoms with Crippen molar-refractivity contribution in [3.05, 3.63) is 65.2 Å². The number of carboxylic acid groups (broad SMARTS) is 1. The highest BCUT2D eigenvalue weighted by Crippen LogP contribution is 2.31. The van der Waals surface area contributed by atoms with Gasteiger partial charge >= 0.3 is 0 Å². The predicted molar refractivity (Wildman–Crippen MR) is 151 cm³/mol. The molecule has 1 heterocycles. The Hall–Kier alpha value is -3.28. The normalized spacial score (nSPS) is 13.8. The third-order valence-corrected chi connectivity index (χ3v) is 7.17. The van der Waals surface area contributed by atoms with E-state index in [9.17, 15) is 19.5 Å². The lowest BCUT2D eigenvalue weighted by Gasteiger charge is -2.17. The number of amides is 2. The van der Waals surface area contributed by atoms with E-state index in [1.54, 1.807) is 30.3 Å². The first-order chi connectivity index (χ1) is 18.6. The quantitative estimate of drug-likeness (QED) is 0.177. The van der Waals surface area contributed by atoms with Crippen molar-refractivity contribution >= 4 is 29.2 Å². The van der Waals surface area contributed by atoms with Gasteiger partial charge in [0.25, 0.3) is 11.8 Å². The number of unbranched alkanes of at least 4 members (excludes halogenated alkanes) is 13. The van der Waals surface area contributed by atoms with Crippen LogP contribution >= 0.6 is 0 Å². The monoisotopic (exact) mass is 517 g/mol. The zero-order valence-corrected chi connectivity index (χ0v) is 22.8. The van der Waals surface area contributed by atoms with Crippen molar-refractivity contribution in [1.82, 2.24) is 0 Å². The maximum atomic E-state index is 13.3. The zero-order chi connectivity index (χ0) is 27.2. The Labute approximate surface area is 227 Å². The van der Waals surface area contributed by atoms with Crippen LogP contribution in [0, 0.1) is 0 Å². The minimum absolute atomic E-state index is 0.0797. The van der Waals surface area contributed by atoms with E-state index in [-0.39, 0.29) is 16.8 Å². The molecule has 6 heteroatoms. The van der Waals surface area contributed by atoms with Gasteiger partial charge in [0.05, 0.1) is 11.7 Å². The van der Waals surface area contributed by atoms with Crippen LogP contribution in [0.25, 0.3) is 0 Å². The van der Waals surface area contributed by atoms with Crippen LogP contribution in [0.3, 0.4) is 0 Å². The second-order valence-corrected chi connectivity index (χ2v) is 10.1. The van der Waals surface area contributed by atoms with Gasteiger partial charge in [0.1, 0.15) is 5.71 Å². The Morgan fingerprint density at radius 2 is 1.21 bits per heavy atom. The molecule has 38 heavy (non-hydrogen) atoms. The van der Waals surface area contributed by atoms with Crippen molar-refractivity contribution in [2.75, 3.05) is 11.4 Å². The molecule has 0 radical (unpaired) electrons. The number of fused-ring (bicyclic) bond motifs is 1. The first-order valence-electron chi connectivity index (χ1n) is 14.4. The fourth-order valence-electron chi connectivity index (χ4n) is 5.02. The van der Waals surface area contributed by atoms with Gasteiger partial charge in [-0.3, -0.25) is 14.6 Å². The number of imide groups is 1. The van der Waals surface area contributed by atoms with Gasteiger partial charge in [0.2, 0.25) is 0 Å². The molecule has 1 aliphatic rings. The topological polar surface area (TPSA) is 89.9 Å². The van der Waals surface area contributed by atoms with E-state index in [1.165, 1.54) is 88.8 Å². The fraction of sp³-hybridized carbons (Fsp3) is 0.500. The van der Waals surface area contributed by atoms with Crippen LogP contribution in [0.4, 0.5) is 5.69 Å². The third kappa shape index (κ3) is 8.11. The highest BCUT2D eigenvalue weighted by molar-refractivity contribution is 6.59. The molecular formula is C32H41N2O4-. The summed E-state index contributed by atoms with van der Waals surface area (Å²) in [5.41, 5.74) is 0.964. The van der Waals surface area contributed by atoms with Crippen LogP contribution in [0.1, 0.15) is 123 Å². The molecule has 2 aromatic carbocycles. The van der Waals surface area contributed by atoms with Crippen molar-refractivity contribution in [1.29, 1.82) is 0 Å². The van der Waals surface area contributed by atoms with Crippen molar-refractivity contribution in [2.24, 2.45) is 4.99 Å². The number of hydrogen-bond acceptors (Lipinski definition) is 5. The molecule has 0 bridgehead atoms. The summed E-state index contributed by atoms with van der Waals surface area (Å²) >= 11 is 0. The maximum Gasteiger partial charge on any atom is 0.284 e. The summed E-state index contributed by atoms with van der Waals surface area (Å²) < 4.78 is 0. The van der Waals surface area contributed by atoms with Gasteiger partial charge in [-0.15, -0.1) is 0 Å². The zero-order valence-electron chi connectivity index (χ0n) is 22.8. The van der Waals surface area contributed by atoms with Gasteiger partial charge < -0.3 is 9.90 Å². The molecule has 0 aromatic heterocycles. The van der Waals surface area contributed by atoms with Crippen LogP contribution in [-0.4, -0.2) is 30.0 Å². The second-order valence-electron chi connectivity index (χ2n) is 10.1. The van der Waals surface area contributed by atoms with Crippen molar-refractivity contribution < 1.29 is 19.5 Å². The lowest BCUT2D eigenvalue weighted by Crippen LogP contribution is -2.38. The largest absolute Gasteiger partial charge is 0.545 e. The van der Waals surface area contributed by atoms with E-state index in [1.807, 2.05) is 0 Å². The van der Waals surface area contributed by atoms with E-state index in [2.05, 4.69) is 11.9 Å². The number of benzene rings is 2. The van der Waals surface area contributed by atoms with E-state index in [4.69, 9.17) is 0 Å². The van der Waals surface area contributed by atoms with Crippen LogP contribution in [0.5, 0.6) is 0 Å². The average molecular weight is 518 g/mol. The molecule has 3 rings (SSSR count). The molecule has 0 N–H and O–H groups in total. The van der Waals surface area contributed by atoms with Crippen LogP contribution in [0.15, 0.2) is 53.5 Å². The summed E-state index contributed by atoms with van der Waals surface area (Å²) in [7, 11) is 0. The number of anilines is 1. The number of aromatic carboxylic acids is 1. The van der Waals surface area contributed by atoms with E-state index in [0.29, 0.717) is 17.8 Å². The van der Waals surface area contributed by atoms with E-state index >= 15 is 0 Å².